The van der Waals surface area contributed by atoms with Crippen LogP contribution in [-0.4, -0.2) is 40.0 Å². The first kappa shape index (κ1) is 16.3. The van der Waals surface area contributed by atoms with Gasteiger partial charge in [-0.2, -0.15) is 0 Å². The predicted octanol–water partition coefficient (Wildman–Crippen LogP) is 2.04. The van der Waals surface area contributed by atoms with Crippen molar-refractivity contribution < 1.29 is 19.5 Å². The molecule has 1 saturated heterocycles. The van der Waals surface area contributed by atoms with Crippen LogP contribution in [0.2, 0.25) is 0 Å². The highest BCUT2D eigenvalue weighted by molar-refractivity contribution is 5.99. The van der Waals surface area contributed by atoms with Gasteiger partial charge in [0.1, 0.15) is 6.04 Å². The molecule has 1 saturated carbocycles. The lowest BCUT2D eigenvalue weighted by Crippen LogP contribution is -2.46. The fourth-order valence-electron chi connectivity index (χ4n) is 3.99. The van der Waals surface area contributed by atoms with Crippen LogP contribution in [-0.2, 0) is 4.79 Å². The molecule has 1 aromatic rings. The molecule has 2 fully saturated rings. The summed E-state index contributed by atoms with van der Waals surface area (Å²) >= 11 is 0. The summed E-state index contributed by atoms with van der Waals surface area (Å²) in [5.74, 6) is -0.996. The van der Waals surface area contributed by atoms with Crippen molar-refractivity contribution in [1.82, 2.24) is 4.90 Å². The number of hydrogen-bond acceptors (Lipinski definition) is 3. The Kier molecular flexibility index (Phi) is 4.42. The Morgan fingerprint density at radius 3 is 2.67 bits per heavy atom. The zero-order chi connectivity index (χ0) is 17.3. The van der Waals surface area contributed by atoms with Crippen molar-refractivity contribution in [2.45, 2.75) is 44.2 Å². The van der Waals surface area contributed by atoms with Crippen LogP contribution >= 0.6 is 0 Å². The molecular formula is C17H21N3O4. The molecule has 2 aliphatic rings. The van der Waals surface area contributed by atoms with Crippen LogP contribution < -0.4 is 11.1 Å². The lowest BCUT2D eigenvalue weighted by atomic mass is 9.84. The van der Waals surface area contributed by atoms with Crippen molar-refractivity contribution in [1.29, 1.82) is 0 Å². The Morgan fingerprint density at radius 1 is 1.21 bits per heavy atom. The van der Waals surface area contributed by atoms with Crippen LogP contribution in [0.1, 0.15) is 42.5 Å². The second kappa shape index (κ2) is 6.51. The van der Waals surface area contributed by atoms with Crippen LogP contribution in [0.15, 0.2) is 24.3 Å². The summed E-state index contributed by atoms with van der Waals surface area (Å²) in [5.41, 5.74) is 5.88. The predicted molar refractivity (Wildman–Crippen MR) is 87.6 cm³/mol. The molecule has 24 heavy (non-hydrogen) atoms. The van der Waals surface area contributed by atoms with E-state index >= 15 is 0 Å². The minimum Gasteiger partial charge on any atom is -0.480 e. The van der Waals surface area contributed by atoms with Crippen molar-refractivity contribution in [2.75, 3.05) is 5.32 Å². The zero-order valence-corrected chi connectivity index (χ0v) is 13.3. The zero-order valence-electron chi connectivity index (χ0n) is 13.3. The molecule has 3 unspecified atom stereocenters. The standard InChI is InChI=1S/C17H21N3O4/c18-17(24)19-12-6-3-5-11(8-12)15(21)20-13-7-2-1-4-10(13)9-14(20)16(22)23/h3,5-6,8,10,13-14H,1-2,4,7,9H2,(H,22,23)(H3,18,19,24). The Morgan fingerprint density at radius 2 is 1.96 bits per heavy atom. The summed E-state index contributed by atoms with van der Waals surface area (Å²) in [6.07, 6.45) is 4.44. The van der Waals surface area contributed by atoms with Gasteiger partial charge < -0.3 is 21.1 Å². The third-order valence-electron chi connectivity index (χ3n) is 4.98. The Hall–Kier alpha value is -2.57. The highest BCUT2D eigenvalue weighted by Gasteiger charge is 2.47. The first-order valence-corrected chi connectivity index (χ1v) is 8.19. The third kappa shape index (κ3) is 3.06. The molecule has 3 atom stereocenters. The number of hydrogen-bond donors (Lipinski definition) is 3. The van der Waals surface area contributed by atoms with Gasteiger partial charge in [0.25, 0.3) is 5.91 Å². The van der Waals surface area contributed by atoms with Gasteiger partial charge >= 0.3 is 12.0 Å². The SMILES string of the molecule is NC(=O)Nc1cccc(C(=O)N2C(C(=O)O)CC3CCCCC32)c1. The van der Waals surface area contributed by atoms with E-state index in [0.717, 1.165) is 25.7 Å². The second-order valence-electron chi connectivity index (χ2n) is 6.48. The van der Waals surface area contributed by atoms with E-state index in [1.807, 2.05) is 0 Å². The topological polar surface area (TPSA) is 113 Å². The van der Waals surface area contributed by atoms with Gasteiger partial charge in [0.05, 0.1) is 0 Å². The van der Waals surface area contributed by atoms with E-state index in [0.29, 0.717) is 17.7 Å². The van der Waals surface area contributed by atoms with Gasteiger partial charge in [0, 0.05) is 17.3 Å². The van der Waals surface area contributed by atoms with Crippen molar-refractivity contribution in [2.24, 2.45) is 11.7 Å². The van der Waals surface area contributed by atoms with Crippen LogP contribution in [0.4, 0.5) is 10.5 Å². The molecule has 1 heterocycles. The number of carboxylic acids is 1. The van der Waals surface area contributed by atoms with Crippen molar-refractivity contribution in [3.8, 4) is 0 Å². The number of carbonyl (C=O) groups excluding carboxylic acids is 2. The van der Waals surface area contributed by atoms with Gasteiger partial charge in [-0.15, -0.1) is 0 Å². The number of benzene rings is 1. The molecule has 7 nitrogen and oxygen atoms in total. The number of nitrogens with zero attached hydrogens (tertiary/aromatic N) is 1. The number of fused-ring (bicyclic) bond motifs is 1. The second-order valence-corrected chi connectivity index (χ2v) is 6.48. The van der Waals surface area contributed by atoms with E-state index in [2.05, 4.69) is 5.32 Å². The molecule has 3 amide bonds. The van der Waals surface area contributed by atoms with Crippen LogP contribution in [0.25, 0.3) is 0 Å². The van der Waals surface area contributed by atoms with Gasteiger partial charge in [0.2, 0.25) is 0 Å². The van der Waals surface area contributed by atoms with E-state index in [9.17, 15) is 19.5 Å². The largest absolute Gasteiger partial charge is 0.480 e. The molecule has 0 bridgehead atoms. The van der Waals surface area contributed by atoms with E-state index in [4.69, 9.17) is 5.73 Å². The summed E-state index contributed by atoms with van der Waals surface area (Å²) in [7, 11) is 0. The number of carbonyl (C=O) groups is 3. The number of urea groups is 1. The molecule has 0 aromatic heterocycles. The Labute approximate surface area is 139 Å². The molecular weight excluding hydrogens is 310 g/mol. The number of primary amides is 1. The first-order chi connectivity index (χ1) is 11.5. The average Bonchev–Trinajstić information content (AvgIpc) is 2.93. The molecule has 0 spiro atoms. The maximum atomic E-state index is 13.0. The monoisotopic (exact) mass is 331 g/mol. The van der Waals surface area contributed by atoms with E-state index in [1.54, 1.807) is 18.2 Å². The number of nitrogens with one attached hydrogen (secondary N) is 1. The number of amides is 3. The lowest BCUT2D eigenvalue weighted by Gasteiger charge is -2.33. The summed E-state index contributed by atoms with van der Waals surface area (Å²) < 4.78 is 0. The molecule has 1 aliphatic heterocycles. The van der Waals surface area contributed by atoms with Gasteiger partial charge in [-0.1, -0.05) is 18.9 Å². The molecule has 3 rings (SSSR count). The van der Waals surface area contributed by atoms with Crippen LogP contribution in [0, 0.1) is 5.92 Å². The van der Waals surface area contributed by atoms with Crippen molar-refractivity contribution in [3.63, 3.8) is 0 Å². The third-order valence-corrected chi connectivity index (χ3v) is 4.98. The smallest absolute Gasteiger partial charge is 0.326 e. The van der Waals surface area contributed by atoms with Gasteiger partial charge in [-0.3, -0.25) is 4.79 Å². The minimum atomic E-state index is -0.954. The number of anilines is 1. The minimum absolute atomic E-state index is 0.0138. The molecule has 1 aromatic carbocycles. The van der Waals surface area contributed by atoms with Crippen LogP contribution in [0.3, 0.4) is 0 Å². The summed E-state index contributed by atoms with van der Waals surface area (Å²) in [5, 5.41) is 12.0. The fourth-order valence-corrected chi connectivity index (χ4v) is 3.99. The first-order valence-electron chi connectivity index (χ1n) is 8.19. The lowest BCUT2D eigenvalue weighted by molar-refractivity contribution is -0.141. The maximum Gasteiger partial charge on any atom is 0.326 e. The number of rotatable bonds is 3. The number of likely N-dealkylation sites (tertiary alicyclic amines) is 1. The Balaban J connectivity index is 1.89. The average molecular weight is 331 g/mol. The highest BCUT2D eigenvalue weighted by atomic mass is 16.4. The van der Waals surface area contributed by atoms with Gasteiger partial charge in [-0.25, -0.2) is 9.59 Å². The van der Waals surface area contributed by atoms with Crippen molar-refractivity contribution >= 4 is 23.6 Å². The number of nitrogens with two attached hydrogens (primary N) is 1. The molecule has 0 radical (unpaired) electrons. The number of aliphatic carboxylic acids is 1. The normalized spacial score (nSPS) is 25.8. The number of carboxylic acid groups (broad SMARTS) is 1. The van der Waals surface area contributed by atoms with Gasteiger partial charge in [0.15, 0.2) is 0 Å². The van der Waals surface area contributed by atoms with Gasteiger partial charge in [-0.05, 0) is 43.4 Å². The summed E-state index contributed by atoms with van der Waals surface area (Å²) in [6.45, 7) is 0. The highest BCUT2D eigenvalue weighted by Crippen LogP contribution is 2.40. The molecule has 4 N–H and O–H groups in total. The summed E-state index contributed by atoms with van der Waals surface area (Å²) in [6, 6.07) is 4.92. The Bertz CT molecular complexity index is 676. The maximum absolute atomic E-state index is 13.0. The molecule has 7 heteroatoms. The van der Waals surface area contributed by atoms with E-state index in [1.165, 1.54) is 11.0 Å². The molecule has 128 valence electrons. The fraction of sp³-hybridized carbons (Fsp3) is 0.471. The van der Waals surface area contributed by atoms with Crippen LogP contribution in [0.5, 0.6) is 0 Å². The van der Waals surface area contributed by atoms with E-state index < -0.39 is 18.0 Å². The van der Waals surface area contributed by atoms with Crippen molar-refractivity contribution in [3.05, 3.63) is 29.8 Å². The molecule has 1 aliphatic carbocycles. The van der Waals surface area contributed by atoms with E-state index in [-0.39, 0.29) is 17.9 Å². The summed E-state index contributed by atoms with van der Waals surface area (Å²) in [4.78, 5) is 37.1. The quantitative estimate of drug-likeness (QED) is 0.786.